The highest BCUT2D eigenvalue weighted by Gasteiger charge is 2.45. The van der Waals surface area contributed by atoms with Gasteiger partial charge < -0.3 is 4.74 Å². The van der Waals surface area contributed by atoms with E-state index in [0.29, 0.717) is 12.0 Å². The predicted octanol–water partition coefficient (Wildman–Crippen LogP) is 6.84. The first-order valence-electron chi connectivity index (χ1n) is 10.7. The van der Waals surface area contributed by atoms with Gasteiger partial charge in [0, 0.05) is 7.11 Å². The molecule has 2 aliphatic carbocycles. The molecule has 5 atom stereocenters. The summed E-state index contributed by atoms with van der Waals surface area (Å²) >= 11 is 0. The van der Waals surface area contributed by atoms with Crippen molar-refractivity contribution >= 4 is 0 Å². The monoisotopic (exact) mass is 356 g/mol. The average Bonchev–Trinajstić information content (AvgIpc) is 2.93. The van der Waals surface area contributed by atoms with E-state index in [1.54, 1.807) is 5.56 Å². The highest BCUT2D eigenvalue weighted by molar-refractivity contribution is 5.39. The molecule has 1 aromatic carbocycles. The van der Waals surface area contributed by atoms with Gasteiger partial charge in [-0.15, -0.1) is 0 Å². The highest BCUT2D eigenvalue weighted by atomic mass is 16.5. The third-order valence-electron chi connectivity index (χ3n) is 7.07. The lowest BCUT2D eigenvalue weighted by Crippen LogP contribution is -2.35. The molecule has 1 nitrogen and oxygen atoms in total. The molecule has 1 aromatic rings. The van der Waals surface area contributed by atoms with Gasteiger partial charge in [0.25, 0.3) is 0 Å². The summed E-state index contributed by atoms with van der Waals surface area (Å²) in [6.45, 7) is 16.5. The predicted molar refractivity (Wildman–Crippen MR) is 112 cm³/mol. The zero-order chi connectivity index (χ0) is 19.3. The SMILES string of the molecule is COC1CCC(c2cc(C(C)(C)C)cc(C(C)(C)C)c2)C2CC(C)CC12. The lowest BCUT2D eigenvalue weighted by atomic mass is 9.68. The van der Waals surface area contributed by atoms with E-state index in [1.165, 1.54) is 36.8 Å². The van der Waals surface area contributed by atoms with Crippen LogP contribution >= 0.6 is 0 Å². The summed E-state index contributed by atoms with van der Waals surface area (Å²) in [6.07, 6.45) is 5.71. The molecule has 0 amide bonds. The Balaban J connectivity index is 2.02. The van der Waals surface area contributed by atoms with Crippen LogP contribution in [0.2, 0.25) is 0 Å². The van der Waals surface area contributed by atoms with E-state index in [0.717, 1.165) is 17.8 Å². The maximum absolute atomic E-state index is 5.89. The molecule has 2 fully saturated rings. The van der Waals surface area contributed by atoms with Crippen LogP contribution in [0.1, 0.15) is 96.8 Å². The topological polar surface area (TPSA) is 9.23 Å². The van der Waals surface area contributed by atoms with E-state index >= 15 is 0 Å². The van der Waals surface area contributed by atoms with E-state index in [2.05, 4.69) is 66.7 Å². The fourth-order valence-corrected chi connectivity index (χ4v) is 5.48. The van der Waals surface area contributed by atoms with E-state index in [9.17, 15) is 0 Å². The van der Waals surface area contributed by atoms with E-state index in [4.69, 9.17) is 4.74 Å². The van der Waals surface area contributed by atoms with Crippen molar-refractivity contribution in [3.05, 3.63) is 34.9 Å². The van der Waals surface area contributed by atoms with Gasteiger partial charge in [0.1, 0.15) is 0 Å². The zero-order valence-electron chi connectivity index (χ0n) is 18.4. The Bertz CT molecular complexity index is 598. The molecule has 2 saturated carbocycles. The fraction of sp³-hybridized carbons (Fsp3) is 0.760. The van der Waals surface area contributed by atoms with Gasteiger partial charge in [0.05, 0.1) is 6.10 Å². The number of rotatable bonds is 2. The molecule has 26 heavy (non-hydrogen) atoms. The Morgan fingerprint density at radius 3 is 1.85 bits per heavy atom. The normalized spacial score (nSPS) is 32.5. The molecule has 0 N–H and O–H groups in total. The van der Waals surface area contributed by atoms with Gasteiger partial charge in [-0.2, -0.15) is 0 Å². The van der Waals surface area contributed by atoms with Crippen molar-refractivity contribution in [1.29, 1.82) is 0 Å². The molecular weight excluding hydrogens is 316 g/mol. The molecule has 1 heteroatoms. The van der Waals surface area contributed by atoms with Crippen molar-refractivity contribution in [3.63, 3.8) is 0 Å². The van der Waals surface area contributed by atoms with Gasteiger partial charge in [-0.05, 0) is 76.9 Å². The summed E-state index contributed by atoms with van der Waals surface area (Å²) < 4.78 is 5.89. The summed E-state index contributed by atoms with van der Waals surface area (Å²) in [5.74, 6) is 3.10. The van der Waals surface area contributed by atoms with Crippen LogP contribution in [0.15, 0.2) is 18.2 Å². The van der Waals surface area contributed by atoms with Crippen LogP contribution in [-0.2, 0) is 15.6 Å². The van der Waals surface area contributed by atoms with Gasteiger partial charge in [-0.1, -0.05) is 66.7 Å². The Morgan fingerprint density at radius 2 is 1.35 bits per heavy atom. The molecule has 0 aliphatic heterocycles. The second-order valence-corrected chi connectivity index (χ2v) is 11.2. The molecule has 146 valence electrons. The van der Waals surface area contributed by atoms with Crippen molar-refractivity contribution in [3.8, 4) is 0 Å². The van der Waals surface area contributed by atoms with E-state index < -0.39 is 0 Å². The van der Waals surface area contributed by atoms with E-state index in [-0.39, 0.29) is 10.8 Å². The third-order valence-corrected chi connectivity index (χ3v) is 7.07. The quantitative estimate of drug-likeness (QED) is 0.564. The number of hydrogen-bond acceptors (Lipinski definition) is 1. The van der Waals surface area contributed by atoms with Crippen molar-refractivity contribution in [2.75, 3.05) is 7.11 Å². The summed E-state index contributed by atoms with van der Waals surface area (Å²) in [7, 11) is 1.92. The molecule has 0 aromatic heterocycles. The van der Waals surface area contributed by atoms with Crippen LogP contribution in [0.5, 0.6) is 0 Å². The minimum absolute atomic E-state index is 0.197. The van der Waals surface area contributed by atoms with Gasteiger partial charge in [-0.3, -0.25) is 0 Å². The van der Waals surface area contributed by atoms with Crippen LogP contribution in [0.4, 0.5) is 0 Å². The van der Waals surface area contributed by atoms with Gasteiger partial charge in [0.2, 0.25) is 0 Å². The van der Waals surface area contributed by atoms with Gasteiger partial charge in [0.15, 0.2) is 0 Å². The lowest BCUT2D eigenvalue weighted by Gasteiger charge is -2.40. The number of ether oxygens (including phenoxy) is 1. The number of fused-ring (bicyclic) bond motifs is 1. The number of hydrogen-bond donors (Lipinski definition) is 0. The second kappa shape index (κ2) is 6.97. The molecule has 5 unspecified atom stereocenters. The minimum atomic E-state index is 0.197. The van der Waals surface area contributed by atoms with Crippen LogP contribution in [0.25, 0.3) is 0 Å². The van der Waals surface area contributed by atoms with Gasteiger partial charge >= 0.3 is 0 Å². The first-order valence-corrected chi connectivity index (χ1v) is 10.7. The standard InChI is InChI=1S/C25H40O/c1-16-11-21-20(9-10-23(26-8)22(21)12-16)17-13-18(24(2,3)4)15-19(14-17)25(5,6)7/h13-16,20-23H,9-12H2,1-8H3. The molecular formula is C25H40O. The number of benzene rings is 1. The van der Waals surface area contributed by atoms with Crippen molar-refractivity contribution in [1.82, 2.24) is 0 Å². The Morgan fingerprint density at radius 1 is 0.808 bits per heavy atom. The molecule has 2 aliphatic rings. The highest BCUT2D eigenvalue weighted by Crippen LogP contribution is 2.53. The second-order valence-electron chi connectivity index (χ2n) is 11.2. The molecule has 0 radical (unpaired) electrons. The smallest absolute Gasteiger partial charge is 0.0602 e. The van der Waals surface area contributed by atoms with Crippen molar-refractivity contribution in [2.24, 2.45) is 17.8 Å². The fourth-order valence-electron chi connectivity index (χ4n) is 5.48. The summed E-state index contributed by atoms with van der Waals surface area (Å²) in [5, 5.41) is 0. The lowest BCUT2D eigenvalue weighted by molar-refractivity contribution is -0.00131. The molecule has 0 saturated heterocycles. The summed E-state index contributed by atoms with van der Waals surface area (Å²) in [5.41, 5.74) is 4.98. The maximum Gasteiger partial charge on any atom is 0.0602 e. The van der Waals surface area contributed by atoms with Crippen LogP contribution < -0.4 is 0 Å². The van der Waals surface area contributed by atoms with Crippen LogP contribution in [0, 0.1) is 17.8 Å². The van der Waals surface area contributed by atoms with Crippen LogP contribution in [-0.4, -0.2) is 13.2 Å². The summed E-state index contributed by atoms with van der Waals surface area (Å²) in [6, 6.07) is 7.53. The maximum atomic E-state index is 5.89. The summed E-state index contributed by atoms with van der Waals surface area (Å²) in [4.78, 5) is 0. The third kappa shape index (κ3) is 3.88. The average molecular weight is 357 g/mol. The van der Waals surface area contributed by atoms with Gasteiger partial charge in [-0.25, -0.2) is 0 Å². The first kappa shape index (κ1) is 19.9. The molecule has 0 spiro atoms. The molecule has 0 bridgehead atoms. The van der Waals surface area contributed by atoms with E-state index in [1.807, 2.05) is 7.11 Å². The van der Waals surface area contributed by atoms with Crippen molar-refractivity contribution in [2.45, 2.75) is 97.0 Å². The molecule has 0 heterocycles. The molecule has 3 rings (SSSR count). The zero-order valence-corrected chi connectivity index (χ0v) is 18.4. The largest absolute Gasteiger partial charge is 0.381 e. The Labute approximate surface area is 161 Å². The Kier molecular flexibility index (Phi) is 5.34. The minimum Gasteiger partial charge on any atom is -0.381 e. The first-order chi connectivity index (χ1) is 12.0. The van der Waals surface area contributed by atoms with Crippen LogP contribution in [0.3, 0.4) is 0 Å². The van der Waals surface area contributed by atoms with Crippen molar-refractivity contribution < 1.29 is 4.74 Å². The number of methoxy groups -OCH3 is 1. The Hall–Kier alpha value is -0.820.